The van der Waals surface area contributed by atoms with Crippen molar-refractivity contribution < 1.29 is 8.42 Å². The maximum Gasteiger partial charge on any atom is 0.184 e. The highest BCUT2D eigenvalue weighted by atomic mass is 32.2. The second-order valence-corrected chi connectivity index (χ2v) is 7.72. The van der Waals surface area contributed by atoms with E-state index in [1.807, 2.05) is 0 Å². The molecule has 0 amide bonds. The Labute approximate surface area is 118 Å². The summed E-state index contributed by atoms with van der Waals surface area (Å²) in [6.07, 6.45) is 1.01. The third kappa shape index (κ3) is 3.01. The Morgan fingerprint density at radius 2 is 2.05 bits per heavy atom. The fourth-order valence-electron chi connectivity index (χ4n) is 2.17. The summed E-state index contributed by atoms with van der Waals surface area (Å²) in [5, 5.41) is 0.703. The highest BCUT2D eigenvalue weighted by Crippen LogP contribution is 2.35. The number of anilines is 2. The molecule has 1 aromatic heterocycles. The summed E-state index contributed by atoms with van der Waals surface area (Å²) < 4.78 is 28.3. The van der Waals surface area contributed by atoms with E-state index in [2.05, 4.69) is 21.2 Å². The van der Waals surface area contributed by atoms with Gasteiger partial charge < -0.3 is 15.5 Å². The van der Waals surface area contributed by atoms with Crippen LogP contribution < -0.4 is 10.6 Å². The van der Waals surface area contributed by atoms with Crippen LogP contribution in [0.5, 0.6) is 0 Å². The molecule has 0 aliphatic carbocycles. The Hall–Kier alpha value is -0.860. The molecule has 1 aromatic rings. The van der Waals surface area contributed by atoms with E-state index in [0.29, 0.717) is 5.00 Å². The maximum atomic E-state index is 12.1. The zero-order chi connectivity index (χ0) is 14.0. The van der Waals surface area contributed by atoms with E-state index in [0.717, 1.165) is 32.6 Å². The summed E-state index contributed by atoms with van der Waals surface area (Å²) in [6.45, 7) is 5.24. The van der Waals surface area contributed by atoms with Gasteiger partial charge in [0.2, 0.25) is 0 Å². The normalized spacial score (nSPS) is 18.5. The van der Waals surface area contributed by atoms with Gasteiger partial charge in [-0.25, -0.2) is 8.42 Å². The first-order valence-electron chi connectivity index (χ1n) is 6.37. The molecule has 0 aromatic carbocycles. The quantitative estimate of drug-likeness (QED) is 0.884. The van der Waals surface area contributed by atoms with Crippen molar-refractivity contribution in [2.24, 2.45) is 0 Å². The van der Waals surface area contributed by atoms with Crippen LogP contribution in [0.15, 0.2) is 4.90 Å². The smallest absolute Gasteiger partial charge is 0.184 e. The highest BCUT2D eigenvalue weighted by Gasteiger charge is 2.27. The molecule has 1 aliphatic heterocycles. The molecule has 0 unspecified atom stereocenters. The van der Waals surface area contributed by atoms with Crippen molar-refractivity contribution in [2.45, 2.75) is 18.2 Å². The Kier molecular flexibility index (Phi) is 4.32. The maximum absolute atomic E-state index is 12.1. The molecule has 0 saturated carbocycles. The summed E-state index contributed by atoms with van der Waals surface area (Å²) in [6, 6.07) is 0. The molecule has 0 radical (unpaired) electrons. The fourth-order valence-corrected chi connectivity index (χ4v) is 4.53. The molecule has 8 heteroatoms. The number of likely N-dealkylation sites (N-methyl/N-ethyl adjacent to an activating group) is 1. The lowest BCUT2D eigenvalue weighted by molar-refractivity contribution is 0.360. The van der Waals surface area contributed by atoms with Gasteiger partial charge in [0.15, 0.2) is 15.7 Å². The van der Waals surface area contributed by atoms with Gasteiger partial charge in [-0.05, 0) is 31.5 Å². The number of nitrogens with zero attached hydrogens (tertiary/aromatic N) is 3. The molecule has 0 atom stereocenters. The predicted octanol–water partition coefficient (Wildman–Crippen LogP) is 0.661. The van der Waals surface area contributed by atoms with Crippen LogP contribution in [0.1, 0.15) is 13.3 Å². The topological polar surface area (TPSA) is 79.5 Å². The van der Waals surface area contributed by atoms with E-state index in [1.54, 1.807) is 6.92 Å². The lowest BCUT2D eigenvalue weighted by Crippen LogP contribution is -2.29. The third-order valence-corrected chi connectivity index (χ3v) is 6.19. The number of aromatic nitrogens is 1. The Morgan fingerprint density at radius 3 is 2.74 bits per heavy atom. The first-order chi connectivity index (χ1) is 8.95. The van der Waals surface area contributed by atoms with Crippen molar-refractivity contribution in [3.8, 4) is 0 Å². The third-order valence-electron chi connectivity index (χ3n) is 3.36. The summed E-state index contributed by atoms with van der Waals surface area (Å²) in [5.41, 5.74) is 5.76. The molecule has 0 bridgehead atoms. The molecule has 2 N–H and O–H groups in total. The fraction of sp³-hybridized carbons (Fsp3) is 0.727. The molecule has 19 heavy (non-hydrogen) atoms. The molecule has 0 spiro atoms. The average Bonchev–Trinajstić information content (AvgIpc) is 2.63. The van der Waals surface area contributed by atoms with Crippen molar-refractivity contribution in [1.82, 2.24) is 9.27 Å². The van der Waals surface area contributed by atoms with E-state index >= 15 is 0 Å². The number of rotatable bonds is 3. The van der Waals surface area contributed by atoms with Crippen molar-refractivity contribution in [1.29, 1.82) is 0 Å². The summed E-state index contributed by atoms with van der Waals surface area (Å²) in [5.74, 6) is 0.190. The predicted molar refractivity (Wildman–Crippen MR) is 78.6 cm³/mol. The van der Waals surface area contributed by atoms with Crippen molar-refractivity contribution in [3.05, 3.63) is 0 Å². The Balaban J connectivity index is 2.35. The molecule has 1 aliphatic rings. The number of nitrogen functional groups attached to an aromatic ring is 1. The van der Waals surface area contributed by atoms with Gasteiger partial charge in [0.05, 0.1) is 5.75 Å². The van der Waals surface area contributed by atoms with Crippen LogP contribution in [0.2, 0.25) is 0 Å². The number of nitrogens with two attached hydrogens (primary N) is 1. The summed E-state index contributed by atoms with van der Waals surface area (Å²) in [7, 11) is -1.25. The summed E-state index contributed by atoms with van der Waals surface area (Å²) in [4.78, 5) is 4.57. The second-order valence-electron chi connectivity index (χ2n) is 4.75. The lowest BCUT2D eigenvalue weighted by Gasteiger charge is -2.21. The molecule has 1 fully saturated rings. The van der Waals surface area contributed by atoms with Gasteiger partial charge in [-0.15, -0.1) is 0 Å². The molecule has 6 nitrogen and oxygen atoms in total. The van der Waals surface area contributed by atoms with Crippen LogP contribution in [0.4, 0.5) is 10.8 Å². The zero-order valence-corrected chi connectivity index (χ0v) is 12.9. The van der Waals surface area contributed by atoms with Crippen LogP contribution in [0.25, 0.3) is 0 Å². The summed E-state index contributed by atoms with van der Waals surface area (Å²) >= 11 is 1.19. The zero-order valence-electron chi connectivity index (χ0n) is 11.3. The van der Waals surface area contributed by atoms with Gasteiger partial charge in [0.1, 0.15) is 9.90 Å². The van der Waals surface area contributed by atoms with Crippen LogP contribution in [-0.2, 0) is 9.84 Å². The van der Waals surface area contributed by atoms with Crippen molar-refractivity contribution in [3.63, 3.8) is 0 Å². The van der Waals surface area contributed by atoms with Gasteiger partial charge in [0, 0.05) is 19.6 Å². The van der Waals surface area contributed by atoms with E-state index in [4.69, 9.17) is 5.73 Å². The van der Waals surface area contributed by atoms with Gasteiger partial charge in [0.25, 0.3) is 0 Å². The molecule has 2 heterocycles. The standard InChI is InChI=1S/C11H20N4O2S2/c1-3-19(16,17)9-10(12)13-18-11(9)15-6-4-5-14(2)7-8-15/h3-8H2,1-2H3,(H2,12,13). The number of sulfone groups is 1. The largest absolute Gasteiger partial charge is 0.382 e. The van der Waals surface area contributed by atoms with Crippen LogP contribution >= 0.6 is 11.5 Å². The van der Waals surface area contributed by atoms with Crippen molar-refractivity contribution >= 4 is 32.2 Å². The molecular formula is C11H20N4O2S2. The minimum atomic E-state index is -3.32. The second kappa shape index (κ2) is 5.64. The first-order valence-corrected chi connectivity index (χ1v) is 8.79. The van der Waals surface area contributed by atoms with E-state index < -0.39 is 9.84 Å². The van der Waals surface area contributed by atoms with E-state index in [9.17, 15) is 8.42 Å². The van der Waals surface area contributed by atoms with Gasteiger partial charge >= 0.3 is 0 Å². The highest BCUT2D eigenvalue weighted by molar-refractivity contribution is 7.91. The Bertz CT molecular complexity index is 541. The van der Waals surface area contributed by atoms with Gasteiger partial charge in [-0.1, -0.05) is 6.92 Å². The monoisotopic (exact) mass is 304 g/mol. The number of hydrogen-bond donors (Lipinski definition) is 1. The van der Waals surface area contributed by atoms with Gasteiger partial charge in [-0.2, -0.15) is 4.37 Å². The van der Waals surface area contributed by atoms with E-state index in [-0.39, 0.29) is 16.5 Å². The molecule has 1 saturated heterocycles. The minimum Gasteiger partial charge on any atom is -0.382 e. The molecule has 108 valence electrons. The van der Waals surface area contributed by atoms with Gasteiger partial charge in [-0.3, -0.25) is 0 Å². The average molecular weight is 304 g/mol. The van der Waals surface area contributed by atoms with E-state index in [1.165, 1.54) is 11.5 Å². The molecular weight excluding hydrogens is 284 g/mol. The van der Waals surface area contributed by atoms with Crippen LogP contribution in [0, 0.1) is 0 Å². The lowest BCUT2D eigenvalue weighted by atomic mass is 10.4. The number of hydrogen-bond acceptors (Lipinski definition) is 7. The SMILES string of the molecule is CCS(=O)(=O)c1c(N)nsc1N1CCCN(C)CC1. The van der Waals surface area contributed by atoms with Crippen LogP contribution in [0.3, 0.4) is 0 Å². The van der Waals surface area contributed by atoms with Crippen LogP contribution in [-0.4, -0.2) is 56.7 Å². The molecule has 2 rings (SSSR count). The Morgan fingerprint density at radius 1 is 1.32 bits per heavy atom. The minimum absolute atomic E-state index is 0.0519. The first kappa shape index (κ1) is 14.5. The van der Waals surface area contributed by atoms with Crippen molar-refractivity contribution in [2.75, 3.05) is 49.6 Å².